The summed E-state index contributed by atoms with van der Waals surface area (Å²) in [4.78, 5) is 6.08. The highest BCUT2D eigenvalue weighted by atomic mass is 16.3. The van der Waals surface area contributed by atoms with E-state index in [1.165, 1.54) is 0 Å². The molecule has 0 unspecified atom stereocenters. The number of phenols is 4. The SMILES string of the molecule is [B]c1c(O)c(O)c(N(c2ccc(-c3ccc(N(c4ccc(-c5ccccc5)cc4)c4ccc(-c5ccccc5)cc4)cc3)cc2)c2ccc(-c3ccc(N(c4ccc(-c5ccccc5)cc4)c4ccc(-c5ccccc5)cc4)cc3)cc2)c(O)c1O. The zero-order valence-corrected chi connectivity index (χ0v) is 46.7. The first-order valence-electron chi connectivity index (χ1n) is 28.4. The van der Waals surface area contributed by atoms with E-state index in [2.05, 4.69) is 252 Å². The summed E-state index contributed by atoms with van der Waals surface area (Å²) in [5.41, 5.74) is 19.1. The third kappa shape index (κ3) is 10.9. The summed E-state index contributed by atoms with van der Waals surface area (Å²) in [6.45, 7) is 0. The second-order valence-electron chi connectivity index (χ2n) is 21.0. The molecule has 8 heteroatoms. The van der Waals surface area contributed by atoms with E-state index in [0.717, 1.165) is 101 Å². The molecule has 13 rings (SSSR count). The number of aromatic hydroxyl groups is 4. The summed E-state index contributed by atoms with van der Waals surface area (Å²) in [6, 6.07) is 108. The van der Waals surface area contributed by atoms with Crippen LogP contribution >= 0.6 is 0 Å². The van der Waals surface area contributed by atoms with E-state index in [9.17, 15) is 20.4 Å². The van der Waals surface area contributed by atoms with Crippen LogP contribution in [0.2, 0.25) is 0 Å². The van der Waals surface area contributed by atoms with Crippen molar-refractivity contribution in [1.82, 2.24) is 0 Å². The van der Waals surface area contributed by atoms with E-state index in [4.69, 9.17) is 7.85 Å². The van der Waals surface area contributed by atoms with E-state index in [1.807, 2.05) is 72.8 Å². The van der Waals surface area contributed by atoms with Gasteiger partial charge in [0.25, 0.3) is 0 Å². The second-order valence-corrected chi connectivity index (χ2v) is 21.0. The van der Waals surface area contributed by atoms with E-state index in [1.54, 1.807) is 4.90 Å². The molecule has 7 nitrogen and oxygen atoms in total. The molecule has 4 N–H and O–H groups in total. The van der Waals surface area contributed by atoms with Crippen molar-refractivity contribution in [2.75, 3.05) is 14.7 Å². The molecule has 0 fully saturated rings. The number of nitrogens with zero attached hydrogens (tertiary/aromatic N) is 3. The molecule has 0 aliphatic carbocycles. The maximum atomic E-state index is 11.5. The Morgan fingerprint density at radius 2 is 0.326 bits per heavy atom. The smallest absolute Gasteiger partial charge is 0.185 e. The van der Waals surface area contributed by atoms with Gasteiger partial charge in [0.15, 0.2) is 23.0 Å². The summed E-state index contributed by atoms with van der Waals surface area (Å²) in [5, 5.41) is 45.0. The minimum atomic E-state index is -0.754. The molecule has 0 spiro atoms. The van der Waals surface area contributed by atoms with Crippen LogP contribution in [-0.2, 0) is 0 Å². The first-order chi connectivity index (χ1) is 42.2. The van der Waals surface area contributed by atoms with Crippen molar-refractivity contribution in [3.05, 3.63) is 315 Å². The number of hydrogen-bond donors (Lipinski definition) is 4. The fourth-order valence-corrected chi connectivity index (χ4v) is 11.2. The average molecular weight is 1110 g/mol. The lowest BCUT2D eigenvalue weighted by atomic mass is 9.91. The Bertz CT molecular complexity index is 3970. The van der Waals surface area contributed by atoms with Crippen molar-refractivity contribution in [3.63, 3.8) is 0 Å². The lowest BCUT2D eigenvalue weighted by Gasteiger charge is -2.28. The van der Waals surface area contributed by atoms with Crippen molar-refractivity contribution in [1.29, 1.82) is 0 Å². The van der Waals surface area contributed by atoms with Gasteiger partial charge in [0, 0.05) is 45.5 Å². The molecule has 0 aliphatic rings. The normalized spacial score (nSPS) is 11.0. The number of hydrogen-bond acceptors (Lipinski definition) is 7. The molecule has 0 bridgehead atoms. The molecule has 0 saturated carbocycles. The minimum absolute atomic E-state index is 0.245. The predicted octanol–water partition coefficient (Wildman–Crippen LogP) is 19.7. The topological polar surface area (TPSA) is 90.6 Å². The Morgan fingerprint density at radius 1 is 0.174 bits per heavy atom. The van der Waals surface area contributed by atoms with Crippen molar-refractivity contribution in [3.8, 4) is 89.8 Å². The van der Waals surface area contributed by atoms with Crippen LogP contribution in [0.3, 0.4) is 0 Å². The van der Waals surface area contributed by atoms with Gasteiger partial charge in [0.05, 0.1) is 0 Å². The van der Waals surface area contributed by atoms with Crippen LogP contribution in [-0.4, -0.2) is 28.3 Å². The summed E-state index contributed by atoms with van der Waals surface area (Å²) >= 11 is 0. The van der Waals surface area contributed by atoms with Gasteiger partial charge in [0.1, 0.15) is 13.5 Å². The van der Waals surface area contributed by atoms with Crippen molar-refractivity contribution < 1.29 is 20.4 Å². The third-order valence-corrected chi connectivity index (χ3v) is 15.7. The number of benzene rings is 13. The largest absolute Gasteiger partial charge is 0.505 e. The predicted molar refractivity (Wildman–Crippen MR) is 355 cm³/mol. The summed E-state index contributed by atoms with van der Waals surface area (Å²) in [5.74, 6) is -2.90. The fourth-order valence-electron chi connectivity index (χ4n) is 11.2. The maximum absolute atomic E-state index is 11.5. The fraction of sp³-hybridized carbons (Fsp3) is 0. The maximum Gasteiger partial charge on any atom is 0.185 e. The van der Waals surface area contributed by atoms with Gasteiger partial charge in [-0.2, -0.15) is 0 Å². The van der Waals surface area contributed by atoms with Gasteiger partial charge in [-0.15, -0.1) is 0 Å². The van der Waals surface area contributed by atoms with Crippen LogP contribution in [0, 0.1) is 0 Å². The Labute approximate surface area is 502 Å². The van der Waals surface area contributed by atoms with Gasteiger partial charge in [-0.3, -0.25) is 0 Å². The van der Waals surface area contributed by atoms with Crippen LogP contribution in [0.1, 0.15) is 0 Å². The van der Waals surface area contributed by atoms with Gasteiger partial charge in [-0.1, -0.05) is 218 Å². The highest BCUT2D eigenvalue weighted by Crippen LogP contribution is 2.52. The molecular weight excluding hydrogens is 1050 g/mol. The first-order valence-corrected chi connectivity index (χ1v) is 28.4. The van der Waals surface area contributed by atoms with Gasteiger partial charge >= 0.3 is 0 Å². The Kier molecular flexibility index (Phi) is 14.9. The summed E-state index contributed by atoms with van der Waals surface area (Å²) < 4.78 is 0. The van der Waals surface area contributed by atoms with Crippen molar-refractivity contribution in [2.45, 2.75) is 0 Å². The van der Waals surface area contributed by atoms with E-state index in [0.29, 0.717) is 11.4 Å². The lowest BCUT2D eigenvalue weighted by Crippen LogP contribution is -2.13. The van der Waals surface area contributed by atoms with E-state index >= 15 is 0 Å². The number of rotatable bonds is 15. The lowest BCUT2D eigenvalue weighted by molar-refractivity contribution is 0.380. The number of anilines is 9. The standard InChI is InChI=1S/C78H56BN3O4/c79-73-75(83)77(85)74(78(86)76(73)84)82(71-49-33-63(34-50-71)61-29-45-69(46-30-61)80(65-37-21-57(22-38-65)53-13-5-1-6-14-53)66-39-23-58(24-40-66)54-15-7-2-8-16-54)72-51-35-64(36-52-72)62-31-47-70(48-32-62)81(67-41-25-59(26-42-67)55-17-9-3-10-18-55)68-43-27-60(28-44-68)56-19-11-4-12-20-56/h1-52,83-86H. The van der Waals surface area contributed by atoms with Crippen LogP contribution < -0.4 is 20.2 Å². The number of phenolic OH excluding ortho intramolecular Hbond substituents is 4. The Hall–Kier alpha value is -11.5. The van der Waals surface area contributed by atoms with E-state index < -0.39 is 28.5 Å². The minimum Gasteiger partial charge on any atom is -0.505 e. The van der Waals surface area contributed by atoms with Gasteiger partial charge in [-0.05, 0) is 169 Å². The molecule has 0 atom stereocenters. The molecule has 0 amide bonds. The summed E-state index contributed by atoms with van der Waals surface area (Å²) in [6.07, 6.45) is 0. The van der Waals surface area contributed by atoms with Crippen molar-refractivity contribution >= 4 is 64.5 Å². The molecule has 0 aromatic heterocycles. The van der Waals surface area contributed by atoms with E-state index in [-0.39, 0.29) is 5.69 Å². The van der Waals surface area contributed by atoms with Gasteiger partial charge < -0.3 is 35.1 Å². The molecular formula is C78H56BN3O4. The summed E-state index contributed by atoms with van der Waals surface area (Å²) in [7, 11) is 5.96. The molecule has 2 radical (unpaired) electrons. The molecule has 13 aromatic rings. The highest BCUT2D eigenvalue weighted by Gasteiger charge is 2.28. The molecule has 0 aliphatic heterocycles. The molecule has 13 aromatic carbocycles. The second kappa shape index (κ2) is 23.8. The molecule has 0 saturated heterocycles. The van der Waals surface area contributed by atoms with Crippen LogP contribution in [0.25, 0.3) is 66.8 Å². The van der Waals surface area contributed by atoms with Crippen LogP contribution in [0.15, 0.2) is 315 Å². The van der Waals surface area contributed by atoms with Gasteiger partial charge in [-0.25, -0.2) is 0 Å². The molecule has 0 heterocycles. The van der Waals surface area contributed by atoms with Crippen LogP contribution in [0.5, 0.6) is 23.0 Å². The molecule has 410 valence electrons. The zero-order chi connectivity index (χ0) is 58.5. The highest BCUT2D eigenvalue weighted by molar-refractivity contribution is 6.37. The first kappa shape index (κ1) is 53.8. The van der Waals surface area contributed by atoms with Crippen LogP contribution in [0.4, 0.5) is 51.2 Å². The monoisotopic (exact) mass is 1110 g/mol. The third-order valence-electron chi connectivity index (χ3n) is 15.7. The molecule has 86 heavy (non-hydrogen) atoms. The Balaban J connectivity index is 0.799. The van der Waals surface area contributed by atoms with Gasteiger partial charge in [0.2, 0.25) is 0 Å². The Morgan fingerprint density at radius 3 is 0.500 bits per heavy atom. The quantitative estimate of drug-likeness (QED) is 0.0462. The average Bonchev–Trinajstić information content (AvgIpc) is 3.22. The zero-order valence-electron chi connectivity index (χ0n) is 46.7. The van der Waals surface area contributed by atoms with Crippen molar-refractivity contribution in [2.24, 2.45) is 0 Å².